The van der Waals surface area contributed by atoms with Crippen LogP contribution in [0.3, 0.4) is 0 Å². The third-order valence-electron chi connectivity index (χ3n) is 3.35. The van der Waals surface area contributed by atoms with Gasteiger partial charge >= 0.3 is 0 Å². The summed E-state index contributed by atoms with van der Waals surface area (Å²) in [6.07, 6.45) is 1.51. The molecule has 0 saturated carbocycles. The number of benzene rings is 1. The van der Waals surface area contributed by atoms with Gasteiger partial charge in [-0.3, -0.25) is 4.79 Å². The lowest BCUT2D eigenvalue weighted by molar-refractivity contribution is -0.121. The smallest absolute Gasteiger partial charge is 0.235 e. The highest BCUT2D eigenvalue weighted by atomic mass is 32.2. The molecule has 5 nitrogen and oxygen atoms in total. The number of nitrogens with one attached hydrogen (secondary N) is 1. The van der Waals surface area contributed by atoms with Crippen molar-refractivity contribution in [1.29, 1.82) is 0 Å². The molecule has 0 radical (unpaired) electrons. The van der Waals surface area contributed by atoms with Gasteiger partial charge in [-0.15, -0.1) is 0 Å². The second kappa shape index (κ2) is 6.37. The second-order valence-electron chi connectivity index (χ2n) is 5.12. The summed E-state index contributed by atoms with van der Waals surface area (Å²) in [7, 11) is -3.24. The van der Waals surface area contributed by atoms with Gasteiger partial charge in [0.1, 0.15) is 0 Å². The van der Waals surface area contributed by atoms with Crippen molar-refractivity contribution in [2.24, 2.45) is 0 Å². The topological polar surface area (TPSA) is 66.5 Å². The number of hydrogen-bond acceptors (Lipinski definition) is 3. The molecule has 1 aromatic carbocycles. The molecule has 0 bridgehead atoms. The number of rotatable bonds is 4. The van der Waals surface area contributed by atoms with E-state index in [2.05, 4.69) is 5.32 Å². The van der Waals surface area contributed by atoms with Crippen LogP contribution in [-0.4, -0.2) is 37.5 Å². The molecule has 0 aliphatic carbocycles. The Balaban J connectivity index is 1.86. The molecular weight excluding hydrogens is 276 g/mol. The van der Waals surface area contributed by atoms with Crippen molar-refractivity contribution in [1.82, 2.24) is 9.62 Å². The van der Waals surface area contributed by atoms with Crippen molar-refractivity contribution in [2.75, 3.05) is 18.8 Å². The Morgan fingerprint density at radius 1 is 1.35 bits per heavy atom. The van der Waals surface area contributed by atoms with E-state index in [1.54, 1.807) is 0 Å². The third kappa shape index (κ3) is 4.05. The zero-order valence-electron chi connectivity index (χ0n) is 11.6. The molecule has 0 aromatic heterocycles. The molecule has 2 rings (SSSR count). The van der Waals surface area contributed by atoms with E-state index in [0.717, 1.165) is 17.5 Å². The summed E-state index contributed by atoms with van der Waals surface area (Å²) in [5.41, 5.74) is 2.15. The summed E-state index contributed by atoms with van der Waals surface area (Å²) in [5, 5.41) is 2.77. The third-order valence-corrected chi connectivity index (χ3v) is 5.25. The summed E-state index contributed by atoms with van der Waals surface area (Å²) in [4.78, 5) is 11.8. The predicted molar refractivity (Wildman–Crippen MR) is 77.6 cm³/mol. The normalized spacial score (nSPS) is 18.6. The molecule has 0 unspecified atom stereocenters. The van der Waals surface area contributed by atoms with Gasteiger partial charge in [0.05, 0.1) is 12.3 Å². The van der Waals surface area contributed by atoms with E-state index >= 15 is 0 Å². The lowest BCUT2D eigenvalue weighted by Crippen LogP contribution is -2.44. The highest BCUT2D eigenvalue weighted by Gasteiger charge is 2.27. The first-order valence-electron chi connectivity index (χ1n) is 6.77. The molecule has 1 saturated heterocycles. The monoisotopic (exact) mass is 296 g/mol. The molecular formula is C14H20N2O3S. The Morgan fingerprint density at radius 2 is 2.15 bits per heavy atom. The van der Waals surface area contributed by atoms with Crippen molar-refractivity contribution in [2.45, 2.75) is 26.3 Å². The molecule has 1 fully saturated rings. The van der Waals surface area contributed by atoms with Crippen LogP contribution in [0.15, 0.2) is 24.3 Å². The Kier molecular flexibility index (Phi) is 4.77. The maximum atomic E-state index is 11.8. The number of aryl methyl sites for hydroxylation is 1. The first-order chi connectivity index (χ1) is 9.47. The molecule has 1 amide bonds. The van der Waals surface area contributed by atoms with Gasteiger partial charge in [0.25, 0.3) is 0 Å². The van der Waals surface area contributed by atoms with Gasteiger partial charge in [0, 0.05) is 13.1 Å². The first-order valence-corrected chi connectivity index (χ1v) is 8.38. The largest absolute Gasteiger partial charge is 0.351 e. The van der Waals surface area contributed by atoms with E-state index in [9.17, 15) is 13.2 Å². The van der Waals surface area contributed by atoms with E-state index in [1.165, 1.54) is 4.31 Å². The number of amides is 1. The lowest BCUT2D eigenvalue weighted by atomic mass is 10.1. The van der Waals surface area contributed by atoms with E-state index in [-0.39, 0.29) is 18.2 Å². The molecule has 6 heteroatoms. The van der Waals surface area contributed by atoms with Crippen LogP contribution in [0.5, 0.6) is 0 Å². The summed E-state index contributed by atoms with van der Waals surface area (Å²) in [6, 6.07) is 7.86. The SMILES string of the molecule is Cc1cccc(CNC(=O)CN2CCCCS2(=O)=O)c1. The number of hydrogen-bond donors (Lipinski definition) is 1. The molecule has 1 aromatic rings. The average molecular weight is 296 g/mol. The van der Waals surface area contributed by atoms with E-state index in [0.29, 0.717) is 19.5 Å². The van der Waals surface area contributed by atoms with Crippen LogP contribution in [0.4, 0.5) is 0 Å². The minimum absolute atomic E-state index is 0.0752. The Bertz CT molecular complexity index is 584. The number of sulfonamides is 1. The Hall–Kier alpha value is -1.40. The predicted octanol–water partition coefficient (Wildman–Crippen LogP) is 1.04. The van der Waals surface area contributed by atoms with Gasteiger partial charge in [-0.1, -0.05) is 29.8 Å². The number of carbonyl (C=O) groups excluding carboxylic acids is 1. The zero-order chi connectivity index (χ0) is 14.6. The Morgan fingerprint density at radius 3 is 2.85 bits per heavy atom. The fraction of sp³-hybridized carbons (Fsp3) is 0.500. The summed E-state index contributed by atoms with van der Waals surface area (Å²) in [5.74, 6) is -0.102. The van der Waals surface area contributed by atoms with Crippen LogP contribution in [0, 0.1) is 6.92 Å². The highest BCUT2D eigenvalue weighted by molar-refractivity contribution is 7.89. The Labute approximate surface area is 120 Å². The van der Waals surface area contributed by atoms with Gasteiger partial charge in [0.2, 0.25) is 15.9 Å². The summed E-state index contributed by atoms with van der Waals surface area (Å²) < 4.78 is 24.8. The number of carbonyl (C=O) groups is 1. The minimum atomic E-state index is -3.24. The molecule has 20 heavy (non-hydrogen) atoms. The highest BCUT2D eigenvalue weighted by Crippen LogP contribution is 2.12. The van der Waals surface area contributed by atoms with Crippen molar-refractivity contribution in [3.63, 3.8) is 0 Å². The molecule has 0 atom stereocenters. The number of nitrogens with zero attached hydrogens (tertiary/aromatic N) is 1. The zero-order valence-corrected chi connectivity index (χ0v) is 12.4. The van der Waals surface area contributed by atoms with E-state index in [1.807, 2.05) is 31.2 Å². The van der Waals surface area contributed by atoms with Crippen LogP contribution in [0.1, 0.15) is 24.0 Å². The van der Waals surface area contributed by atoms with Crippen molar-refractivity contribution in [3.05, 3.63) is 35.4 Å². The van der Waals surface area contributed by atoms with Gasteiger partial charge in [0.15, 0.2) is 0 Å². The van der Waals surface area contributed by atoms with E-state index in [4.69, 9.17) is 0 Å². The fourth-order valence-corrected chi connectivity index (χ4v) is 3.81. The second-order valence-corrected chi connectivity index (χ2v) is 7.21. The standard InChI is InChI=1S/C14H20N2O3S/c1-12-5-4-6-13(9-12)10-15-14(17)11-16-7-2-3-8-20(16,18)19/h4-6,9H,2-3,7-8,10-11H2,1H3,(H,15,17). The molecule has 1 aliphatic rings. The quantitative estimate of drug-likeness (QED) is 0.902. The van der Waals surface area contributed by atoms with Gasteiger partial charge in [-0.25, -0.2) is 8.42 Å². The summed E-state index contributed by atoms with van der Waals surface area (Å²) in [6.45, 7) is 2.79. The maximum absolute atomic E-state index is 11.8. The first kappa shape index (κ1) is 15.0. The van der Waals surface area contributed by atoms with Gasteiger partial charge < -0.3 is 5.32 Å². The van der Waals surface area contributed by atoms with Crippen LogP contribution in [0.2, 0.25) is 0 Å². The van der Waals surface area contributed by atoms with Crippen LogP contribution in [0.25, 0.3) is 0 Å². The maximum Gasteiger partial charge on any atom is 0.235 e. The van der Waals surface area contributed by atoms with Crippen molar-refractivity contribution < 1.29 is 13.2 Å². The molecule has 0 spiro atoms. The lowest BCUT2D eigenvalue weighted by Gasteiger charge is -2.25. The summed E-state index contributed by atoms with van der Waals surface area (Å²) >= 11 is 0. The van der Waals surface area contributed by atoms with Crippen LogP contribution >= 0.6 is 0 Å². The molecule has 1 heterocycles. The van der Waals surface area contributed by atoms with Gasteiger partial charge in [-0.2, -0.15) is 4.31 Å². The fourth-order valence-electron chi connectivity index (χ4n) is 2.26. The van der Waals surface area contributed by atoms with Crippen LogP contribution in [-0.2, 0) is 21.4 Å². The molecule has 1 N–H and O–H groups in total. The van der Waals surface area contributed by atoms with Gasteiger partial charge in [-0.05, 0) is 25.3 Å². The average Bonchev–Trinajstić information content (AvgIpc) is 2.39. The molecule has 110 valence electrons. The van der Waals surface area contributed by atoms with E-state index < -0.39 is 10.0 Å². The molecule has 1 aliphatic heterocycles. The van der Waals surface area contributed by atoms with Crippen molar-refractivity contribution in [3.8, 4) is 0 Å². The minimum Gasteiger partial charge on any atom is -0.351 e. The van der Waals surface area contributed by atoms with Crippen LogP contribution < -0.4 is 5.32 Å². The van der Waals surface area contributed by atoms with Crippen molar-refractivity contribution >= 4 is 15.9 Å².